The predicted octanol–water partition coefficient (Wildman–Crippen LogP) is -0.702. The lowest BCUT2D eigenvalue weighted by Crippen LogP contribution is -2.56. The first-order chi connectivity index (χ1) is 8.51. The maximum Gasteiger partial charge on any atom is 0.249 e. The van der Waals surface area contributed by atoms with Gasteiger partial charge in [0.05, 0.1) is 0 Å². The first-order valence-corrected chi connectivity index (χ1v) is 6.37. The van der Waals surface area contributed by atoms with Crippen molar-refractivity contribution in [2.75, 3.05) is 13.1 Å². The fraction of sp³-hybridized carbons (Fsp3) is 0.750. The Morgan fingerprint density at radius 2 is 2.00 bits per heavy atom. The fourth-order valence-corrected chi connectivity index (χ4v) is 2.37. The van der Waals surface area contributed by atoms with Gasteiger partial charge in [0.25, 0.3) is 0 Å². The number of hydrogen-bond donors (Lipinski definition) is 3. The highest BCUT2D eigenvalue weighted by Crippen LogP contribution is 2.28. The minimum atomic E-state index is -0.568. The molecule has 0 spiro atoms. The normalized spacial score (nSPS) is 27.5. The summed E-state index contributed by atoms with van der Waals surface area (Å²) < 4.78 is 0. The van der Waals surface area contributed by atoms with E-state index in [9.17, 15) is 14.4 Å². The van der Waals surface area contributed by atoms with Gasteiger partial charge in [0.15, 0.2) is 0 Å². The van der Waals surface area contributed by atoms with Gasteiger partial charge in [0.2, 0.25) is 17.7 Å². The van der Waals surface area contributed by atoms with E-state index < -0.39 is 17.4 Å². The maximum absolute atomic E-state index is 12.2. The standard InChI is InChI=1S/C12H19N3O3/c1-12(4-6-13-7-5-12)11(18)14-8-2-3-9(16)15-10(8)17/h8,13H,2-7H2,1H3,(H,14,18)(H,15,16,17). The van der Waals surface area contributed by atoms with Crippen LogP contribution in [0.15, 0.2) is 0 Å². The Morgan fingerprint density at radius 1 is 1.33 bits per heavy atom. The van der Waals surface area contributed by atoms with Crippen molar-refractivity contribution >= 4 is 17.7 Å². The Hall–Kier alpha value is -1.43. The average Bonchev–Trinajstić information content (AvgIpc) is 2.33. The lowest BCUT2D eigenvalue weighted by Gasteiger charge is -2.34. The largest absolute Gasteiger partial charge is 0.344 e. The number of hydrogen-bond acceptors (Lipinski definition) is 4. The summed E-state index contributed by atoms with van der Waals surface area (Å²) >= 11 is 0. The highest BCUT2D eigenvalue weighted by molar-refractivity contribution is 6.02. The van der Waals surface area contributed by atoms with Gasteiger partial charge in [0.1, 0.15) is 6.04 Å². The van der Waals surface area contributed by atoms with E-state index in [4.69, 9.17) is 0 Å². The van der Waals surface area contributed by atoms with Gasteiger partial charge in [-0.1, -0.05) is 6.92 Å². The van der Waals surface area contributed by atoms with E-state index in [0.29, 0.717) is 6.42 Å². The maximum atomic E-state index is 12.2. The van der Waals surface area contributed by atoms with Gasteiger partial charge >= 0.3 is 0 Å². The molecule has 100 valence electrons. The minimum Gasteiger partial charge on any atom is -0.344 e. The number of carbonyl (C=O) groups excluding carboxylic acids is 3. The Balaban J connectivity index is 1.94. The second-order valence-electron chi connectivity index (χ2n) is 5.29. The molecule has 3 N–H and O–H groups in total. The molecule has 2 heterocycles. The molecule has 0 bridgehead atoms. The molecule has 18 heavy (non-hydrogen) atoms. The molecule has 0 aliphatic carbocycles. The Kier molecular flexibility index (Phi) is 3.65. The lowest BCUT2D eigenvalue weighted by atomic mass is 9.80. The molecule has 2 rings (SSSR count). The van der Waals surface area contributed by atoms with E-state index in [1.165, 1.54) is 0 Å². The minimum absolute atomic E-state index is 0.0847. The topological polar surface area (TPSA) is 87.3 Å². The van der Waals surface area contributed by atoms with Crippen LogP contribution >= 0.6 is 0 Å². The van der Waals surface area contributed by atoms with Crippen molar-refractivity contribution in [1.82, 2.24) is 16.0 Å². The zero-order valence-electron chi connectivity index (χ0n) is 10.5. The molecular weight excluding hydrogens is 234 g/mol. The molecule has 1 unspecified atom stereocenters. The summed E-state index contributed by atoms with van der Waals surface area (Å²) in [6, 6.07) is -0.568. The average molecular weight is 253 g/mol. The molecular formula is C12H19N3O3. The summed E-state index contributed by atoms with van der Waals surface area (Å²) in [5.41, 5.74) is -0.410. The van der Waals surface area contributed by atoms with Crippen LogP contribution < -0.4 is 16.0 Å². The molecule has 1 atom stereocenters. The highest BCUT2D eigenvalue weighted by Gasteiger charge is 2.37. The first kappa shape index (κ1) is 13.0. The summed E-state index contributed by atoms with van der Waals surface area (Å²) in [6.07, 6.45) is 2.22. The zero-order valence-corrected chi connectivity index (χ0v) is 10.5. The van der Waals surface area contributed by atoms with Crippen LogP contribution in [0.3, 0.4) is 0 Å². The van der Waals surface area contributed by atoms with Crippen molar-refractivity contribution in [2.45, 2.75) is 38.6 Å². The monoisotopic (exact) mass is 253 g/mol. The fourth-order valence-electron chi connectivity index (χ4n) is 2.37. The molecule has 0 aromatic heterocycles. The molecule has 6 nitrogen and oxygen atoms in total. The van der Waals surface area contributed by atoms with Gasteiger partial charge < -0.3 is 10.6 Å². The van der Waals surface area contributed by atoms with E-state index >= 15 is 0 Å². The van der Waals surface area contributed by atoms with Crippen LogP contribution in [0.25, 0.3) is 0 Å². The third kappa shape index (κ3) is 2.69. The van der Waals surface area contributed by atoms with Crippen molar-refractivity contribution in [2.24, 2.45) is 5.41 Å². The summed E-state index contributed by atoms with van der Waals surface area (Å²) in [7, 11) is 0. The van der Waals surface area contributed by atoms with Gasteiger partial charge in [-0.3, -0.25) is 19.7 Å². The van der Waals surface area contributed by atoms with Crippen molar-refractivity contribution in [3.05, 3.63) is 0 Å². The molecule has 3 amide bonds. The molecule has 2 aliphatic heterocycles. The van der Waals surface area contributed by atoms with Crippen LogP contribution in [-0.4, -0.2) is 36.9 Å². The summed E-state index contributed by atoms with van der Waals surface area (Å²) in [5.74, 6) is -0.741. The Bertz CT molecular complexity index is 375. The van der Waals surface area contributed by atoms with E-state index in [0.717, 1.165) is 25.9 Å². The number of imide groups is 1. The lowest BCUT2D eigenvalue weighted by molar-refractivity contribution is -0.140. The molecule has 0 aromatic rings. The van der Waals surface area contributed by atoms with Crippen LogP contribution in [0.1, 0.15) is 32.6 Å². The third-order valence-electron chi connectivity index (χ3n) is 3.80. The molecule has 2 saturated heterocycles. The van der Waals surface area contributed by atoms with Crippen LogP contribution in [0.2, 0.25) is 0 Å². The highest BCUT2D eigenvalue weighted by atomic mass is 16.2. The number of amides is 3. The summed E-state index contributed by atoms with van der Waals surface area (Å²) in [5, 5.41) is 8.22. The van der Waals surface area contributed by atoms with Crippen LogP contribution in [0.5, 0.6) is 0 Å². The zero-order chi connectivity index (χ0) is 13.2. The Labute approximate surface area is 106 Å². The number of carbonyl (C=O) groups is 3. The first-order valence-electron chi connectivity index (χ1n) is 6.37. The van der Waals surface area contributed by atoms with Gasteiger partial charge in [-0.2, -0.15) is 0 Å². The van der Waals surface area contributed by atoms with E-state index in [1.54, 1.807) is 0 Å². The van der Waals surface area contributed by atoms with Gasteiger partial charge in [0, 0.05) is 11.8 Å². The van der Waals surface area contributed by atoms with Crippen LogP contribution in [0.4, 0.5) is 0 Å². The van der Waals surface area contributed by atoms with Crippen molar-refractivity contribution < 1.29 is 14.4 Å². The second-order valence-corrected chi connectivity index (χ2v) is 5.29. The molecule has 6 heteroatoms. The molecule has 2 fully saturated rings. The molecule has 0 saturated carbocycles. The molecule has 0 aromatic carbocycles. The van der Waals surface area contributed by atoms with Crippen molar-refractivity contribution in [3.8, 4) is 0 Å². The van der Waals surface area contributed by atoms with Gasteiger partial charge in [-0.25, -0.2) is 0 Å². The van der Waals surface area contributed by atoms with Gasteiger partial charge in [-0.15, -0.1) is 0 Å². The quantitative estimate of drug-likeness (QED) is 0.568. The summed E-state index contributed by atoms with van der Waals surface area (Å²) in [4.78, 5) is 34.8. The number of nitrogens with one attached hydrogen (secondary N) is 3. The van der Waals surface area contributed by atoms with E-state index in [-0.39, 0.29) is 18.2 Å². The molecule has 2 aliphatic rings. The van der Waals surface area contributed by atoms with Crippen LogP contribution in [0, 0.1) is 5.41 Å². The Morgan fingerprint density at radius 3 is 2.61 bits per heavy atom. The van der Waals surface area contributed by atoms with Crippen molar-refractivity contribution in [1.29, 1.82) is 0 Å². The second kappa shape index (κ2) is 5.06. The van der Waals surface area contributed by atoms with Crippen LogP contribution in [-0.2, 0) is 14.4 Å². The SMILES string of the molecule is CC1(C(=O)NC2CCC(=O)NC2=O)CCNCC1. The smallest absolute Gasteiger partial charge is 0.249 e. The van der Waals surface area contributed by atoms with Crippen molar-refractivity contribution in [3.63, 3.8) is 0 Å². The van der Waals surface area contributed by atoms with E-state index in [1.807, 2.05) is 6.92 Å². The summed E-state index contributed by atoms with van der Waals surface area (Å²) in [6.45, 7) is 3.56. The van der Waals surface area contributed by atoms with E-state index in [2.05, 4.69) is 16.0 Å². The van der Waals surface area contributed by atoms with Gasteiger partial charge in [-0.05, 0) is 32.4 Å². The third-order valence-corrected chi connectivity index (χ3v) is 3.80. The predicted molar refractivity (Wildman–Crippen MR) is 64.5 cm³/mol. The number of rotatable bonds is 2. The number of piperidine rings is 2. The molecule has 0 radical (unpaired) electrons.